The Bertz CT molecular complexity index is 818. The van der Waals surface area contributed by atoms with Crippen LogP contribution in [0.1, 0.15) is 53.1 Å². The molecule has 1 aliphatic carbocycles. The molecule has 0 radical (unpaired) electrons. The van der Waals surface area contributed by atoms with Gasteiger partial charge < -0.3 is 14.6 Å². The molecule has 1 atom stereocenters. The maximum atomic E-state index is 12.5. The van der Waals surface area contributed by atoms with Crippen LogP contribution in [0.4, 0.5) is 5.69 Å². The lowest BCUT2D eigenvalue weighted by atomic mass is 10.2. The largest absolute Gasteiger partial charge is 0.449 e. The van der Waals surface area contributed by atoms with Gasteiger partial charge in [-0.05, 0) is 64.3 Å². The topological polar surface area (TPSA) is 60.3 Å². The number of nitrogens with zero attached hydrogens (tertiary/aromatic N) is 1. The van der Waals surface area contributed by atoms with E-state index in [0.717, 1.165) is 29.8 Å². The van der Waals surface area contributed by atoms with E-state index >= 15 is 0 Å². The number of rotatable bonds is 5. The van der Waals surface area contributed by atoms with E-state index in [1.807, 2.05) is 51.1 Å². The molecule has 0 bridgehead atoms. The predicted octanol–water partition coefficient (Wildman–Crippen LogP) is 3.93. The fourth-order valence-electron chi connectivity index (χ4n) is 3.12. The number of amides is 1. The summed E-state index contributed by atoms with van der Waals surface area (Å²) in [5.74, 6) is -0.790. The summed E-state index contributed by atoms with van der Waals surface area (Å²) in [4.78, 5) is 24.8. The van der Waals surface area contributed by atoms with Crippen LogP contribution in [-0.4, -0.2) is 22.5 Å². The van der Waals surface area contributed by atoms with E-state index in [4.69, 9.17) is 4.74 Å². The number of carbonyl (C=O) groups excluding carboxylic acids is 2. The molecule has 1 aromatic heterocycles. The van der Waals surface area contributed by atoms with E-state index in [-0.39, 0.29) is 5.91 Å². The van der Waals surface area contributed by atoms with Gasteiger partial charge in [0, 0.05) is 23.1 Å². The lowest BCUT2D eigenvalue weighted by Gasteiger charge is -2.14. The number of benzene rings is 1. The monoisotopic (exact) mass is 340 g/mol. The average Bonchev–Trinajstić information content (AvgIpc) is 3.32. The quantitative estimate of drug-likeness (QED) is 0.839. The highest BCUT2D eigenvalue weighted by atomic mass is 16.5. The second-order valence-electron chi connectivity index (χ2n) is 6.79. The summed E-state index contributed by atoms with van der Waals surface area (Å²) in [6.45, 7) is 7.47. The Morgan fingerprint density at radius 1 is 1.20 bits per heavy atom. The molecule has 132 valence electrons. The highest BCUT2D eigenvalue weighted by Gasteiger charge is 2.29. The van der Waals surface area contributed by atoms with Gasteiger partial charge in [0.15, 0.2) is 6.10 Å². The van der Waals surface area contributed by atoms with Crippen LogP contribution < -0.4 is 5.32 Å². The van der Waals surface area contributed by atoms with Gasteiger partial charge in [-0.15, -0.1) is 0 Å². The molecular weight excluding hydrogens is 316 g/mol. The fraction of sp³-hybridized carbons (Fsp3) is 0.400. The molecule has 0 spiro atoms. The van der Waals surface area contributed by atoms with Crippen LogP contribution in [-0.2, 0) is 9.53 Å². The molecule has 1 saturated carbocycles. The maximum absolute atomic E-state index is 12.5. The van der Waals surface area contributed by atoms with E-state index in [1.165, 1.54) is 0 Å². The SMILES string of the molecule is Cc1cccc(NC(=O)[C@@H](C)OC(=O)c2cc(C)n(C3CC3)c2C)c1. The summed E-state index contributed by atoms with van der Waals surface area (Å²) in [6.07, 6.45) is 1.44. The van der Waals surface area contributed by atoms with Crippen molar-refractivity contribution in [3.8, 4) is 0 Å². The third-order valence-electron chi connectivity index (χ3n) is 4.55. The second-order valence-corrected chi connectivity index (χ2v) is 6.79. The molecular formula is C20H24N2O3. The summed E-state index contributed by atoms with van der Waals surface area (Å²) >= 11 is 0. The molecule has 1 amide bonds. The number of ether oxygens (including phenoxy) is 1. The smallest absolute Gasteiger partial charge is 0.340 e. The normalized spacial score (nSPS) is 14.9. The number of aryl methyl sites for hydroxylation is 2. The van der Waals surface area contributed by atoms with Crippen LogP contribution >= 0.6 is 0 Å². The van der Waals surface area contributed by atoms with Crippen LogP contribution in [0.2, 0.25) is 0 Å². The Kier molecular flexibility index (Phi) is 4.66. The van der Waals surface area contributed by atoms with Gasteiger partial charge in [-0.3, -0.25) is 4.79 Å². The van der Waals surface area contributed by atoms with Crippen molar-refractivity contribution in [1.82, 2.24) is 4.57 Å². The first-order valence-electron chi connectivity index (χ1n) is 8.63. The molecule has 1 aliphatic rings. The summed E-state index contributed by atoms with van der Waals surface area (Å²) in [5, 5.41) is 2.78. The van der Waals surface area contributed by atoms with Gasteiger partial charge in [-0.1, -0.05) is 12.1 Å². The molecule has 0 saturated heterocycles. The Morgan fingerprint density at radius 3 is 2.56 bits per heavy atom. The van der Waals surface area contributed by atoms with Gasteiger partial charge in [0.05, 0.1) is 5.56 Å². The Hall–Kier alpha value is -2.56. The molecule has 1 N–H and O–H groups in total. The predicted molar refractivity (Wildman–Crippen MR) is 96.9 cm³/mol. The van der Waals surface area contributed by atoms with E-state index in [0.29, 0.717) is 17.3 Å². The summed E-state index contributed by atoms with van der Waals surface area (Å²) in [7, 11) is 0. The lowest BCUT2D eigenvalue weighted by Crippen LogP contribution is -2.30. The van der Waals surface area contributed by atoms with Crippen LogP contribution in [0.3, 0.4) is 0 Å². The van der Waals surface area contributed by atoms with Gasteiger partial charge in [-0.25, -0.2) is 4.79 Å². The average molecular weight is 340 g/mol. The van der Waals surface area contributed by atoms with E-state index in [1.54, 1.807) is 6.92 Å². The van der Waals surface area contributed by atoms with Crippen LogP contribution in [0.25, 0.3) is 0 Å². The zero-order valence-electron chi connectivity index (χ0n) is 15.1. The molecule has 25 heavy (non-hydrogen) atoms. The van der Waals surface area contributed by atoms with Crippen molar-refractivity contribution in [3.05, 3.63) is 52.8 Å². The number of aromatic nitrogens is 1. The standard InChI is InChI=1S/C20H24N2O3/c1-12-6-5-7-16(10-12)21-19(23)15(4)25-20(24)18-11-13(2)22(14(18)3)17-8-9-17/h5-7,10-11,15,17H,8-9H2,1-4H3,(H,21,23)/t15-/m1/s1. The van der Waals surface area contributed by atoms with Crippen molar-refractivity contribution < 1.29 is 14.3 Å². The molecule has 1 fully saturated rings. The molecule has 5 nitrogen and oxygen atoms in total. The zero-order chi connectivity index (χ0) is 18.1. The first-order chi connectivity index (χ1) is 11.9. The zero-order valence-corrected chi connectivity index (χ0v) is 15.1. The third kappa shape index (κ3) is 3.76. The minimum absolute atomic E-state index is 0.338. The highest BCUT2D eigenvalue weighted by Crippen LogP contribution is 2.38. The van der Waals surface area contributed by atoms with E-state index in [2.05, 4.69) is 9.88 Å². The van der Waals surface area contributed by atoms with Crippen LogP contribution in [0, 0.1) is 20.8 Å². The number of anilines is 1. The molecule has 2 aromatic rings. The number of esters is 1. The van der Waals surface area contributed by atoms with Crippen molar-refractivity contribution in [2.75, 3.05) is 5.32 Å². The summed E-state index contributed by atoms with van der Waals surface area (Å²) in [5.41, 5.74) is 4.26. The number of hydrogen-bond donors (Lipinski definition) is 1. The van der Waals surface area contributed by atoms with Crippen molar-refractivity contribution in [1.29, 1.82) is 0 Å². The Labute approximate surface area is 148 Å². The minimum Gasteiger partial charge on any atom is -0.449 e. The summed E-state index contributed by atoms with van der Waals surface area (Å²) < 4.78 is 7.57. The fourth-order valence-corrected chi connectivity index (χ4v) is 3.12. The number of carbonyl (C=O) groups is 2. The minimum atomic E-state index is -0.864. The van der Waals surface area contributed by atoms with Crippen molar-refractivity contribution in [3.63, 3.8) is 0 Å². The Balaban J connectivity index is 1.66. The van der Waals surface area contributed by atoms with Gasteiger partial charge >= 0.3 is 5.97 Å². The van der Waals surface area contributed by atoms with E-state index < -0.39 is 12.1 Å². The lowest BCUT2D eigenvalue weighted by molar-refractivity contribution is -0.123. The van der Waals surface area contributed by atoms with Gasteiger partial charge in [0.2, 0.25) is 0 Å². The van der Waals surface area contributed by atoms with Gasteiger partial charge in [0.25, 0.3) is 5.91 Å². The first kappa shape index (κ1) is 17.3. The molecule has 1 aromatic carbocycles. The number of hydrogen-bond acceptors (Lipinski definition) is 3. The van der Waals surface area contributed by atoms with Crippen molar-refractivity contribution in [2.45, 2.75) is 52.7 Å². The molecule has 0 unspecified atom stereocenters. The third-order valence-corrected chi connectivity index (χ3v) is 4.55. The Morgan fingerprint density at radius 2 is 1.92 bits per heavy atom. The molecule has 0 aliphatic heterocycles. The van der Waals surface area contributed by atoms with Crippen molar-refractivity contribution in [2.24, 2.45) is 0 Å². The van der Waals surface area contributed by atoms with Crippen LogP contribution in [0.15, 0.2) is 30.3 Å². The van der Waals surface area contributed by atoms with Crippen LogP contribution in [0.5, 0.6) is 0 Å². The maximum Gasteiger partial charge on any atom is 0.340 e. The van der Waals surface area contributed by atoms with Crippen molar-refractivity contribution >= 4 is 17.6 Å². The highest BCUT2D eigenvalue weighted by molar-refractivity contribution is 5.97. The summed E-state index contributed by atoms with van der Waals surface area (Å²) in [6, 6.07) is 9.85. The van der Waals surface area contributed by atoms with Gasteiger partial charge in [0.1, 0.15) is 0 Å². The molecule has 3 rings (SSSR count). The second kappa shape index (κ2) is 6.75. The van der Waals surface area contributed by atoms with Gasteiger partial charge in [-0.2, -0.15) is 0 Å². The first-order valence-corrected chi connectivity index (χ1v) is 8.63. The number of nitrogens with one attached hydrogen (secondary N) is 1. The molecule has 5 heteroatoms. The molecule has 1 heterocycles. The van der Waals surface area contributed by atoms with E-state index in [9.17, 15) is 9.59 Å².